The highest BCUT2D eigenvalue weighted by atomic mass is 16.2. The molecular formula is C19H21NO4. The Morgan fingerprint density at radius 1 is 0.792 bits per heavy atom. The molecule has 24 heavy (non-hydrogen) atoms. The van der Waals surface area contributed by atoms with Crippen molar-refractivity contribution < 1.29 is 19.2 Å². The number of aromatic nitrogens is 1. The fourth-order valence-electron chi connectivity index (χ4n) is 3.59. The zero-order chi connectivity index (χ0) is 17.1. The maximum atomic E-state index is 12.6. The molecule has 2 aliphatic rings. The molecule has 2 unspecified atom stereocenters. The summed E-state index contributed by atoms with van der Waals surface area (Å²) >= 11 is 0. The predicted molar refractivity (Wildman–Crippen MR) is 86.8 cm³/mol. The molecule has 1 heterocycles. The van der Waals surface area contributed by atoms with Crippen molar-refractivity contribution in [3.63, 3.8) is 0 Å². The Kier molecular flexibility index (Phi) is 4.97. The van der Waals surface area contributed by atoms with Gasteiger partial charge in [-0.15, -0.1) is 0 Å². The fourth-order valence-corrected chi connectivity index (χ4v) is 3.59. The van der Waals surface area contributed by atoms with Gasteiger partial charge in [0.1, 0.15) is 23.0 Å². The van der Waals surface area contributed by atoms with Crippen molar-refractivity contribution in [3.8, 4) is 0 Å². The summed E-state index contributed by atoms with van der Waals surface area (Å²) in [5, 5.41) is 0. The number of ketones is 4. The highest BCUT2D eigenvalue weighted by Gasteiger charge is 2.33. The molecule has 2 fully saturated rings. The fraction of sp³-hybridized carbons (Fsp3) is 0.526. The highest BCUT2D eigenvalue weighted by Crippen LogP contribution is 2.26. The van der Waals surface area contributed by atoms with Crippen LogP contribution in [0.2, 0.25) is 0 Å². The molecule has 5 nitrogen and oxygen atoms in total. The van der Waals surface area contributed by atoms with Crippen LogP contribution in [0.4, 0.5) is 0 Å². The SMILES string of the molecule is O=C1CCCCC1C(=O)c1cccc(C(=O)C2CCCCC2=O)n1. The first-order valence-electron chi connectivity index (χ1n) is 8.69. The van der Waals surface area contributed by atoms with Crippen LogP contribution in [-0.4, -0.2) is 28.1 Å². The van der Waals surface area contributed by atoms with Crippen LogP contribution in [0, 0.1) is 11.8 Å². The van der Waals surface area contributed by atoms with Crippen LogP contribution >= 0.6 is 0 Å². The third-order valence-corrected chi connectivity index (χ3v) is 5.00. The third kappa shape index (κ3) is 3.35. The van der Waals surface area contributed by atoms with Gasteiger partial charge in [-0.25, -0.2) is 4.98 Å². The Morgan fingerprint density at radius 3 is 1.67 bits per heavy atom. The summed E-state index contributed by atoms with van der Waals surface area (Å²) in [7, 11) is 0. The highest BCUT2D eigenvalue weighted by molar-refractivity contribution is 6.12. The van der Waals surface area contributed by atoms with Crippen LogP contribution in [0.15, 0.2) is 18.2 Å². The minimum Gasteiger partial charge on any atom is -0.299 e. The molecule has 0 spiro atoms. The maximum absolute atomic E-state index is 12.6. The topological polar surface area (TPSA) is 81.2 Å². The van der Waals surface area contributed by atoms with Crippen LogP contribution < -0.4 is 0 Å². The van der Waals surface area contributed by atoms with Gasteiger partial charge in [-0.3, -0.25) is 19.2 Å². The second kappa shape index (κ2) is 7.16. The summed E-state index contributed by atoms with van der Waals surface area (Å²) in [6.07, 6.45) is 5.36. The zero-order valence-electron chi connectivity index (χ0n) is 13.6. The monoisotopic (exact) mass is 327 g/mol. The summed E-state index contributed by atoms with van der Waals surface area (Å²) in [6.45, 7) is 0. The van der Waals surface area contributed by atoms with Crippen LogP contribution in [0.5, 0.6) is 0 Å². The molecule has 1 aromatic heterocycles. The lowest BCUT2D eigenvalue weighted by molar-refractivity contribution is -0.123. The lowest BCUT2D eigenvalue weighted by Crippen LogP contribution is -2.30. The van der Waals surface area contributed by atoms with Crippen LogP contribution in [0.25, 0.3) is 0 Å². The maximum Gasteiger partial charge on any atom is 0.191 e. The van der Waals surface area contributed by atoms with Crippen LogP contribution in [0.1, 0.15) is 72.3 Å². The Morgan fingerprint density at radius 2 is 1.25 bits per heavy atom. The first kappa shape index (κ1) is 16.7. The summed E-state index contributed by atoms with van der Waals surface area (Å²) < 4.78 is 0. The van der Waals surface area contributed by atoms with Crippen molar-refractivity contribution in [1.29, 1.82) is 0 Å². The van der Waals surface area contributed by atoms with E-state index in [1.165, 1.54) is 0 Å². The molecule has 2 atom stereocenters. The number of Topliss-reactive ketones (excluding diaryl/α,β-unsaturated/α-hetero) is 4. The first-order valence-corrected chi connectivity index (χ1v) is 8.69. The van der Waals surface area contributed by atoms with Crippen molar-refractivity contribution in [3.05, 3.63) is 29.6 Å². The van der Waals surface area contributed by atoms with Crippen molar-refractivity contribution in [2.24, 2.45) is 11.8 Å². The van der Waals surface area contributed by atoms with Crippen LogP contribution in [-0.2, 0) is 9.59 Å². The normalized spacial score (nSPS) is 24.7. The number of nitrogens with zero attached hydrogens (tertiary/aromatic N) is 1. The zero-order valence-corrected chi connectivity index (χ0v) is 13.6. The van der Waals surface area contributed by atoms with E-state index in [9.17, 15) is 19.2 Å². The molecule has 3 rings (SSSR count). The largest absolute Gasteiger partial charge is 0.299 e. The van der Waals surface area contributed by atoms with Gasteiger partial charge in [0.2, 0.25) is 0 Å². The Bertz CT molecular complexity index is 639. The number of carbonyl (C=O) groups excluding carboxylic acids is 4. The Labute approximate surface area is 140 Å². The second-order valence-corrected chi connectivity index (χ2v) is 6.67. The van der Waals surface area contributed by atoms with E-state index in [1.54, 1.807) is 18.2 Å². The molecule has 0 amide bonds. The molecule has 0 radical (unpaired) electrons. The van der Waals surface area contributed by atoms with Crippen molar-refractivity contribution in [2.75, 3.05) is 0 Å². The Hall–Kier alpha value is -2.17. The van der Waals surface area contributed by atoms with E-state index in [4.69, 9.17) is 0 Å². The summed E-state index contributed by atoms with van der Waals surface area (Å²) in [5.74, 6) is -1.94. The number of carbonyl (C=O) groups is 4. The minimum atomic E-state index is -0.632. The average Bonchev–Trinajstić information content (AvgIpc) is 2.61. The lowest BCUT2D eigenvalue weighted by atomic mass is 9.83. The van der Waals surface area contributed by atoms with Gasteiger partial charge in [0, 0.05) is 12.8 Å². The molecule has 5 heteroatoms. The summed E-state index contributed by atoms with van der Waals surface area (Å²) in [4.78, 5) is 53.2. The van der Waals surface area contributed by atoms with Gasteiger partial charge in [0.05, 0.1) is 11.8 Å². The molecule has 0 aromatic carbocycles. The summed E-state index contributed by atoms with van der Waals surface area (Å²) in [5.41, 5.74) is 0.314. The number of hydrogen-bond acceptors (Lipinski definition) is 5. The van der Waals surface area contributed by atoms with Gasteiger partial charge in [0.15, 0.2) is 11.6 Å². The number of rotatable bonds is 4. The van der Waals surface area contributed by atoms with Crippen molar-refractivity contribution >= 4 is 23.1 Å². The van der Waals surface area contributed by atoms with Gasteiger partial charge in [-0.05, 0) is 37.8 Å². The molecule has 0 saturated heterocycles. The van der Waals surface area contributed by atoms with Gasteiger partial charge < -0.3 is 0 Å². The minimum absolute atomic E-state index is 0.0350. The van der Waals surface area contributed by atoms with Crippen molar-refractivity contribution in [1.82, 2.24) is 4.98 Å². The first-order chi connectivity index (χ1) is 11.6. The van der Waals surface area contributed by atoms with E-state index in [-0.39, 0.29) is 34.5 Å². The van der Waals surface area contributed by atoms with Crippen LogP contribution in [0.3, 0.4) is 0 Å². The molecular weight excluding hydrogens is 306 g/mol. The van der Waals surface area contributed by atoms with E-state index in [2.05, 4.69) is 4.98 Å². The van der Waals surface area contributed by atoms with E-state index in [1.807, 2.05) is 0 Å². The van der Waals surface area contributed by atoms with E-state index in [0.29, 0.717) is 25.7 Å². The molecule has 126 valence electrons. The van der Waals surface area contributed by atoms with Gasteiger partial charge in [-0.2, -0.15) is 0 Å². The summed E-state index contributed by atoms with van der Waals surface area (Å²) in [6, 6.07) is 4.70. The van der Waals surface area contributed by atoms with Gasteiger partial charge in [0.25, 0.3) is 0 Å². The molecule has 0 bridgehead atoms. The third-order valence-electron chi connectivity index (χ3n) is 5.00. The van der Waals surface area contributed by atoms with Gasteiger partial charge >= 0.3 is 0 Å². The van der Waals surface area contributed by atoms with E-state index in [0.717, 1.165) is 25.7 Å². The van der Waals surface area contributed by atoms with E-state index >= 15 is 0 Å². The molecule has 2 aliphatic carbocycles. The quantitative estimate of drug-likeness (QED) is 0.627. The molecule has 1 aromatic rings. The predicted octanol–water partition coefficient (Wildman–Crippen LogP) is 2.97. The lowest BCUT2D eigenvalue weighted by Gasteiger charge is -2.20. The molecule has 0 N–H and O–H groups in total. The van der Waals surface area contributed by atoms with E-state index < -0.39 is 11.8 Å². The number of pyridine rings is 1. The van der Waals surface area contributed by atoms with Gasteiger partial charge in [-0.1, -0.05) is 18.9 Å². The Balaban J connectivity index is 1.81. The number of hydrogen-bond donors (Lipinski definition) is 0. The van der Waals surface area contributed by atoms with Crippen molar-refractivity contribution in [2.45, 2.75) is 51.4 Å². The average molecular weight is 327 g/mol. The smallest absolute Gasteiger partial charge is 0.191 e. The second-order valence-electron chi connectivity index (χ2n) is 6.67. The molecule has 2 saturated carbocycles. The molecule has 0 aliphatic heterocycles. The standard InChI is InChI=1S/C19H21NO4/c21-16-10-3-1-6-12(16)18(23)14-8-5-9-15(20-14)19(24)13-7-2-4-11-17(13)22/h5,8-9,12-13H,1-4,6-7,10-11H2.